The van der Waals surface area contributed by atoms with Crippen molar-refractivity contribution in [2.75, 3.05) is 0 Å². The van der Waals surface area contributed by atoms with Crippen LogP contribution in [0.2, 0.25) is 0 Å². The molecular formula is C13H22BN. The molecule has 0 atom stereocenters. The normalized spacial score (nSPS) is 13.1. The fraction of sp³-hybridized carbons (Fsp3) is 0.538. The van der Waals surface area contributed by atoms with Gasteiger partial charge in [0.25, 0.3) is 0 Å². The fourth-order valence-corrected chi connectivity index (χ4v) is 1.55. The summed E-state index contributed by atoms with van der Waals surface area (Å²) in [5, 5.41) is 0. The lowest BCUT2D eigenvalue weighted by molar-refractivity contribution is 0.488. The lowest BCUT2D eigenvalue weighted by Gasteiger charge is -2.03. The van der Waals surface area contributed by atoms with E-state index in [9.17, 15) is 0 Å². The minimum absolute atomic E-state index is 0.898. The molecule has 0 aliphatic carbocycles. The summed E-state index contributed by atoms with van der Waals surface area (Å²) in [6, 6.07) is 6.51. The first kappa shape index (κ1) is 14.2. The van der Waals surface area contributed by atoms with Crippen LogP contribution in [0.1, 0.15) is 44.4 Å². The molecule has 0 aromatic heterocycles. The Morgan fingerprint density at radius 3 is 2.13 bits per heavy atom. The number of benzene rings is 1. The standard InChI is InChI=1S/C9H10BN.2C2H6/c1-7-2-3-8-5-11(10)6-9(8)4-7;2*1-2/h2-4H,5-6H2,1H3;2*1-2H3. The molecule has 1 aliphatic heterocycles. The largest absolute Gasteiger partial charge is 0.346 e. The molecule has 15 heavy (non-hydrogen) atoms. The van der Waals surface area contributed by atoms with Crippen molar-refractivity contribution in [3.05, 3.63) is 34.9 Å². The molecule has 0 fully saturated rings. The first-order valence-corrected chi connectivity index (χ1v) is 5.84. The molecule has 0 unspecified atom stereocenters. The van der Waals surface area contributed by atoms with Crippen molar-refractivity contribution >= 4 is 7.98 Å². The molecule has 0 spiro atoms. The summed E-state index contributed by atoms with van der Waals surface area (Å²) in [4.78, 5) is 1.84. The zero-order valence-electron chi connectivity index (χ0n) is 10.7. The van der Waals surface area contributed by atoms with Crippen molar-refractivity contribution in [2.24, 2.45) is 0 Å². The van der Waals surface area contributed by atoms with Crippen LogP contribution < -0.4 is 0 Å². The fourth-order valence-electron chi connectivity index (χ4n) is 1.55. The molecule has 1 nitrogen and oxygen atoms in total. The minimum atomic E-state index is 0.898. The topological polar surface area (TPSA) is 3.24 Å². The van der Waals surface area contributed by atoms with Gasteiger partial charge in [-0.15, -0.1) is 0 Å². The van der Waals surface area contributed by atoms with Gasteiger partial charge in [0.2, 0.25) is 0 Å². The maximum Gasteiger partial charge on any atom is 0.183 e. The van der Waals surface area contributed by atoms with Gasteiger partial charge >= 0.3 is 0 Å². The van der Waals surface area contributed by atoms with Gasteiger partial charge in [0.05, 0.1) is 0 Å². The second-order valence-electron chi connectivity index (χ2n) is 3.18. The van der Waals surface area contributed by atoms with Crippen LogP contribution >= 0.6 is 0 Å². The van der Waals surface area contributed by atoms with E-state index < -0.39 is 0 Å². The number of aryl methyl sites for hydroxylation is 1. The van der Waals surface area contributed by atoms with E-state index in [4.69, 9.17) is 7.98 Å². The molecular weight excluding hydrogens is 181 g/mol. The summed E-state index contributed by atoms with van der Waals surface area (Å²) in [5.74, 6) is 0. The summed E-state index contributed by atoms with van der Waals surface area (Å²) in [6.07, 6.45) is 0. The van der Waals surface area contributed by atoms with Crippen LogP contribution in [-0.2, 0) is 13.1 Å². The van der Waals surface area contributed by atoms with Gasteiger partial charge in [0.15, 0.2) is 7.98 Å². The van der Waals surface area contributed by atoms with Gasteiger partial charge in [-0.25, -0.2) is 0 Å². The van der Waals surface area contributed by atoms with Crippen LogP contribution in [0.5, 0.6) is 0 Å². The zero-order chi connectivity index (χ0) is 11.8. The highest BCUT2D eigenvalue weighted by Crippen LogP contribution is 2.21. The van der Waals surface area contributed by atoms with E-state index in [1.54, 1.807) is 0 Å². The average molecular weight is 203 g/mol. The lowest BCUT2D eigenvalue weighted by Crippen LogP contribution is -2.09. The average Bonchev–Trinajstić information content (AvgIpc) is 2.63. The Morgan fingerprint density at radius 1 is 1.00 bits per heavy atom. The summed E-state index contributed by atoms with van der Waals surface area (Å²) >= 11 is 0. The number of nitrogens with zero attached hydrogens (tertiary/aromatic N) is 1. The molecule has 2 heteroatoms. The summed E-state index contributed by atoms with van der Waals surface area (Å²) in [5.41, 5.74) is 4.07. The second kappa shape index (κ2) is 7.53. The maximum atomic E-state index is 5.67. The van der Waals surface area contributed by atoms with Gasteiger partial charge in [-0.2, -0.15) is 0 Å². The highest BCUT2D eigenvalue weighted by Gasteiger charge is 2.13. The molecule has 1 heterocycles. The predicted molar refractivity (Wildman–Crippen MR) is 68.9 cm³/mol. The third-order valence-corrected chi connectivity index (χ3v) is 2.11. The Labute approximate surface area is 95.9 Å². The molecule has 2 radical (unpaired) electrons. The van der Waals surface area contributed by atoms with Gasteiger partial charge in [-0.3, -0.25) is 0 Å². The van der Waals surface area contributed by atoms with Crippen molar-refractivity contribution in [1.82, 2.24) is 4.81 Å². The van der Waals surface area contributed by atoms with Crippen molar-refractivity contribution < 1.29 is 0 Å². The monoisotopic (exact) mass is 203 g/mol. The Morgan fingerprint density at radius 2 is 1.53 bits per heavy atom. The minimum Gasteiger partial charge on any atom is -0.346 e. The Bertz CT molecular complexity index is 284. The first-order valence-electron chi connectivity index (χ1n) is 5.84. The number of hydrogen-bond acceptors (Lipinski definition) is 1. The summed E-state index contributed by atoms with van der Waals surface area (Å²) < 4.78 is 0. The van der Waals surface area contributed by atoms with Crippen LogP contribution in [0.4, 0.5) is 0 Å². The van der Waals surface area contributed by atoms with E-state index in [-0.39, 0.29) is 0 Å². The smallest absolute Gasteiger partial charge is 0.183 e. The Balaban J connectivity index is 0.000000442. The van der Waals surface area contributed by atoms with Gasteiger partial charge in [-0.05, 0) is 18.1 Å². The molecule has 2 rings (SSSR count). The second-order valence-corrected chi connectivity index (χ2v) is 3.18. The lowest BCUT2D eigenvalue weighted by atomic mass is 10.1. The van der Waals surface area contributed by atoms with Crippen LogP contribution in [0.15, 0.2) is 18.2 Å². The van der Waals surface area contributed by atoms with E-state index in [1.165, 1.54) is 16.7 Å². The van der Waals surface area contributed by atoms with Crippen LogP contribution in [-0.4, -0.2) is 12.8 Å². The third-order valence-electron chi connectivity index (χ3n) is 2.11. The first-order chi connectivity index (χ1) is 7.25. The number of hydrogen-bond donors (Lipinski definition) is 0. The van der Waals surface area contributed by atoms with Gasteiger partial charge in [0.1, 0.15) is 0 Å². The van der Waals surface area contributed by atoms with Crippen LogP contribution in [0.25, 0.3) is 0 Å². The zero-order valence-corrected chi connectivity index (χ0v) is 10.7. The van der Waals surface area contributed by atoms with Gasteiger partial charge < -0.3 is 4.81 Å². The number of rotatable bonds is 0. The quantitative estimate of drug-likeness (QED) is 0.583. The summed E-state index contributed by atoms with van der Waals surface area (Å²) in [6.45, 7) is 11.9. The Kier molecular flexibility index (Phi) is 7.15. The Hall–Kier alpha value is -0.755. The number of fused-ring (bicyclic) bond motifs is 1. The van der Waals surface area contributed by atoms with Crippen molar-refractivity contribution in [1.29, 1.82) is 0 Å². The van der Waals surface area contributed by atoms with E-state index in [0.717, 1.165) is 13.1 Å². The van der Waals surface area contributed by atoms with Crippen molar-refractivity contribution in [2.45, 2.75) is 47.7 Å². The highest BCUT2D eigenvalue weighted by atomic mass is 15.0. The molecule has 82 valence electrons. The summed E-state index contributed by atoms with van der Waals surface area (Å²) in [7, 11) is 5.67. The molecule has 0 saturated heterocycles. The van der Waals surface area contributed by atoms with Gasteiger partial charge in [-0.1, -0.05) is 51.5 Å². The van der Waals surface area contributed by atoms with E-state index >= 15 is 0 Å². The van der Waals surface area contributed by atoms with E-state index in [0.29, 0.717) is 0 Å². The van der Waals surface area contributed by atoms with Crippen molar-refractivity contribution in [3.8, 4) is 0 Å². The van der Waals surface area contributed by atoms with Crippen molar-refractivity contribution in [3.63, 3.8) is 0 Å². The molecule has 1 aliphatic rings. The maximum absolute atomic E-state index is 5.67. The molecule has 0 N–H and O–H groups in total. The molecule has 1 aromatic carbocycles. The molecule has 0 amide bonds. The van der Waals surface area contributed by atoms with Gasteiger partial charge in [0, 0.05) is 13.1 Å². The van der Waals surface area contributed by atoms with E-state index in [2.05, 4.69) is 25.1 Å². The van der Waals surface area contributed by atoms with E-state index in [1.807, 2.05) is 32.5 Å². The predicted octanol–water partition coefficient (Wildman–Crippen LogP) is 3.45. The highest BCUT2D eigenvalue weighted by molar-refractivity contribution is 6.04. The molecule has 0 bridgehead atoms. The van der Waals surface area contributed by atoms with Crippen LogP contribution in [0.3, 0.4) is 0 Å². The van der Waals surface area contributed by atoms with Crippen LogP contribution in [0, 0.1) is 6.92 Å². The molecule has 1 aromatic rings. The SMILES string of the molecule is CC.CC.[B]N1Cc2ccc(C)cc2C1. The molecule has 0 saturated carbocycles. The third kappa shape index (κ3) is 4.09.